The van der Waals surface area contributed by atoms with Crippen LogP contribution in [0.25, 0.3) is 22.6 Å². The first kappa shape index (κ1) is 18.7. The zero-order chi connectivity index (χ0) is 20.9. The van der Waals surface area contributed by atoms with E-state index in [-0.39, 0.29) is 11.5 Å². The van der Waals surface area contributed by atoms with Crippen LogP contribution in [0.15, 0.2) is 47.3 Å². The summed E-state index contributed by atoms with van der Waals surface area (Å²) in [7, 11) is 3.67. The van der Waals surface area contributed by atoms with Gasteiger partial charge in [0.25, 0.3) is 5.56 Å². The molecule has 2 aliphatic rings. The van der Waals surface area contributed by atoms with E-state index in [4.69, 9.17) is 9.84 Å². The topological polar surface area (TPSA) is 72.3 Å². The minimum Gasteiger partial charge on any atom is -0.497 e. The third-order valence-corrected chi connectivity index (χ3v) is 5.98. The molecule has 154 valence electrons. The molecule has 0 unspecified atom stereocenters. The highest BCUT2D eigenvalue weighted by Gasteiger charge is 2.42. The van der Waals surface area contributed by atoms with Gasteiger partial charge >= 0.3 is 0 Å². The fourth-order valence-electron chi connectivity index (χ4n) is 4.23. The molecule has 3 heterocycles. The zero-order valence-corrected chi connectivity index (χ0v) is 16.9. The average molecular weight is 407 g/mol. The van der Waals surface area contributed by atoms with Gasteiger partial charge in [-0.1, -0.05) is 0 Å². The molecular weight excluding hydrogens is 385 g/mol. The first-order valence-electron chi connectivity index (χ1n) is 9.92. The molecule has 1 spiro atoms. The van der Waals surface area contributed by atoms with Crippen LogP contribution in [-0.2, 0) is 5.66 Å². The van der Waals surface area contributed by atoms with Crippen molar-refractivity contribution in [2.45, 2.75) is 18.5 Å². The van der Waals surface area contributed by atoms with Gasteiger partial charge < -0.3 is 15.0 Å². The number of benzene rings is 2. The molecule has 1 fully saturated rings. The summed E-state index contributed by atoms with van der Waals surface area (Å²) in [6.07, 6.45) is 1.51. The highest BCUT2D eigenvalue weighted by atomic mass is 19.1. The van der Waals surface area contributed by atoms with Crippen LogP contribution in [0.3, 0.4) is 0 Å². The SMILES string of the molecule is COc1ccc(-c2nn3c(nc2=O)-c2ccc(F)cc2NC32CCN(C)CC2)cc1. The number of aromatic nitrogens is 3. The summed E-state index contributed by atoms with van der Waals surface area (Å²) < 4.78 is 21.0. The highest BCUT2D eigenvalue weighted by molar-refractivity contribution is 5.77. The summed E-state index contributed by atoms with van der Waals surface area (Å²) in [5, 5.41) is 8.31. The lowest BCUT2D eigenvalue weighted by molar-refractivity contribution is 0.137. The number of hydrogen-bond acceptors (Lipinski definition) is 6. The lowest BCUT2D eigenvalue weighted by Crippen LogP contribution is -2.53. The summed E-state index contributed by atoms with van der Waals surface area (Å²) >= 11 is 0. The second-order valence-electron chi connectivity index (χ2n) is 7.88. The third-order valence-electron chi connectivity index (χ3n) is 5.98. The number of nitrogens with zero attached hydrogens (tertiary/aromatic N) is 4. The van der Waals surface area contributed by atoms with Crippen LogP contribution in [0.2, 0.25) is 0 Å². The van der Waals surface area contributed by atoms with E-state index in [1.807, 2.05) is 4.68 Å². The Labute approximate surface area is 173 Å². The number of piperidine rings is 1. The number of nitrogens with one attached hydrogen (secondary N) is 1. The molecule has 8 heteroatoms. The number of likely N-dealkylation sites (tertiary alicyclic amines) is 1. The van der Waals surface area contributed by atoms with E-state index in [1.54, 1.807) is 37.4 Å². The number of hydrogen-bond donors (Lipinski definition) is 1. The fraction of sp³-hybridized carbons (Fsp3) is 0.318. The number of anilines is 1. The van der Waals surface area contributed by atoms with Gasteiger partial charge in [0, 0.05) is 42.7 Å². The Morgan fingerprint density at radius 3 is 2.57 bits per heavy atom. The Hall–Kier alpha value is -3.26. The van der Waals surface area contributed by atoms with Crippen molar-refractivity contribution >= 4 is 5.69 Å². The fourth-order valence-corrected chi connectivity index (χ4v) is 4.23. The molecule has 0 aliphatic carbocycles. The van der Waals surface area contributed by atoms with Crippen LogP contribution in [-0.4, -0.2) is 46.9 Å². The number of methoxy groups -OCH3 is 1. The molecule has 1 aromatic heterocycles. The second kappa shape index (κ2) is 6.91. The van der Waals surface area contributed by atoms with E-state index in [2.05, 4.69) is 22.2 Å². The lowest BCUT2D eigenvalue weighted by atomic mass is 9.93. The molecule has 0 amide bonds. The molecule has 0 atom stereocenters. The van der Waals surface area contributed by atoms with E-state index < -0.39 is 11.2 Å². The van der Waals surface area contributed by atoms with Gasteiger partial charge in [-0.3, -0.25) is 4.79 Å². The molecular formula is C22H22FN5O2. The first-order chi connectivity index (χ1) is 14.5. The molecule has 2 aromatic carbocycles. The molecule has 0 bridgehead atoms. The van der Waals surface area contributed by atoms with Crippen LogP contribution < -0.4 is 15.6 Å². The molecule has 3 aromatic rings. The van der Waals surface area contributed by atoms with Crippen LogP contribution in [0, 0.1) is 5.82 Å². The van der Waals surface area contributed by atoms with Crippen molar-refractivity contribution in [1.29, 1.82) is 0 Å². The second-order valence-corrected chi connectivity index (χ2v) is 7.88. The predicted octanol–water partition coefficient (Wildman–Crippen LogP) is 2.92. The Bertz CT molecular complexity index is 1170. The first-order valence-corrected chi connectivity index (χ1v) is 9.92. The van der Waals surface area contributed by atoms with E-state index in [1.165, 1.54) is 12.1 Å². The number of halogens is 1. The standard InChI is InChI=1S/C22H22FN5O2/c1-27-11-9-22(10-12-27)25-18-13-15(23)5-8-17(18)20-24-21(29)19(26-28(20)22)14-3-6-16(30-2)7-4-14/h3-8,13,25H,9-12H2,1-2H3. The Morgan fingerprint density at radius 1 is 1.13 bits per heavy atom. The number of fused-ring (bicyclic) bond motifs is 4. The number of rotatable bonds is 2. The van der Waals surface area contributed by atoms with Crippen molar-refractivity contribution in [3.63, 3.8) is 0 Å². The van der Waals surface area contributed by atoms with Gasteiger partial charge in [-0.25, -0.2) is 9.07 Å². The summed E-state index contributed by atoms with van der Waals surface area (Å²) in [5.41, 5.74) is 1.30. The molecule has 0 saturated carbocycles. The van der Waals surface area contributed by atoms with Crippen molar-refractivity contribution < 1.29 is 9.13 Å². The van der Waals surface area contributed by atoms with Crippen LogP contribution in [0.1, 0.15) is 12.8 Å². The molecule has 7 nitrogen and oxygen atoms in total. The summed E-state index contributed by atoms with van der Waals surface area (Å²) in [6, 6.07) is 11.7. The molecule has 2 aliphatic heterocycles. The van der Waals surface area contributed by atoms with E-state index >= 15 is 0 Å². The van der Waals surface area contributed by atoms with E-state index in [9.17, 15) is 9.18 Å². The molecule has 5 rings (SSSR count). The van der Waals surface area contributed by atoms with Crippen molar-refractivity contribution in [3.8, 4) is 28.4 Å². The van der Waals surface area contributed by atoms with Crippen molar-refractivity contribution in [1.82, 2.24) is 19.7 Å². The molecule has 1 N–H and O–H groups in total. The Kier molecular flexibility index (Phi) is 4.32. The van der Waals surface area contributed by atoms with Gasteiger partial charge in [-0.15, -0.1) is 0 Å². The van der Waals surface area contributed by atoms with Gasteiger partial charge in [-0.2, -0.15) is 10.1 Å². The van der Waals surface area contributed by atoms with Crippen LogP contribution in [0.5, 0.6) is 5.75 Å². The maximum Gasteiger partial charge on any atom is 0.300 e. The number of ether oxygens (including phenoxy) is 1. The Morgan fingerprint density at radius 2 is 1.87 bits per heavy atom. The van der Waals surface area contributed by atoms with Crippen molar-refractivity contribution in [3.05, 3.63) is 58.6 Å². The van der Waals surface area contributed by atoms with Crippen molar-refractivity contribution in [2.24, 2.45) is 0 Å². The largest absolute Gasteiger partial charge is 0.497 e. The summed E-state index contributed by atoms with van der Waals surface area (Å²) in [5.74, 6) is 0.840. The lowest BCUT2D eigenvalue weighted by Gasteiger charge is -2.46. The maximum atomic E-state index is 14.0. The minimum absolute atomic E-state index is 0.284. The third kappa shape index (κ3) is 2.95. The van der Waals surface area contributed by atoms with Gasteiger partial charge in [0.1, 0.15) is 17.2 Å². The maximum absolute atomic E-state index is 14.0. The minimum atomic E-state index is -0.565. The quantitative estimate of drug-likeness (QED) is 0.704. The monoisotopic (exact) mass is 407 g/mol. The zero-order valence-electron chi connectivity index (χ0n) is 16.9. The average Bonchev–Trinajstić information content (AvgIpc) is 2.75. The smallest absolute Gasteiger partial charge is 0.300 e. The molecule has 1 saturated heterocycles. The summed E-state index contributed by atoms with van der Waals surface area (Å²) in [4.78, 5) is 19.6. The predicted molar refractivity (Wildman–Crippen MR) is 112 cm³/mol. The van der Waals surface area contributed by atoms with E-state index in [0.29, 0.717) is 28.4 Å². The van der Waals surface area contributed by atoms with E-state index in [0.717, 1.165) is 25.9 Å². The Balaban J connectivity index is 1.71. The van der Waals surface area contributed by atoms with Gasteiger partial charge in [-0.05, 0) is 49.5 Å². The molecule has 0 radical (unpaired) electrons. The normalized spacial score (nSPS) is 17.2. The van der Waals surface area contributed by atoms with Crippen LogP contribution in [0.4, 0.5) is 10.1 Å². The van der Waals surface area contributed by atoms with Gasteiger partial charge in [0.2, 0.25) is 0 Å². The van der Waals surface area contributed by atoms with Gasteiger partial charge in [0.15, 0.2) is 11.5 Å². The highest BCUT2D eigenvalue weighted by Crippen LogP contribution is 2.41. The van der Waals surface area contributed by atoms with Crippen molar-refractivity contribution in [2.75, 3.05) is 32.6 Å². The van der Waals surface area contributed by atoms with Crippen LogP contribution >= 0.6 is 0 Å². The summed E-state index contributed by atoms with van der Waals surface area (Å²) in [6.45, 7) is 1.70. The van der Waals surface area contributed by atoms with Gasteiger partial charge in [0.05, 0.1) is 7.11 Å². The molecule has 30 heavy (non-hydrogen) atoms.